The Kier molecular flexibility index (Phi) is 6.59. The van der Waals surface area contributed by atoms with Gasteiger partial charge in [-0.1, -0.05) is 0 Å². The molecule has 1 rings (SSSR count). The third-order valence-corrected chi connectivity index (χ3v) is 2.16. The molecule has 0 saturated carbocycles. The van der Waals surface area contributed by atoms with Crippen LogP contribution in [0.15, 0.2) is 6.07 Å². The van der Waals surface area contributed by atoms with E-state index in [9.17, 15) is 4.79 Å². The fraction of sp³-hybridized carbons (Fsp3) is 0.583. The molecule has 0 aliphatic rings. The van der Waals surface area contributed by atoms with Gasteiger partial charge in [-0.15, -0.1) is 0 Å². The second-order valence-electron chi connectivity index (χ2n) is 3.80. The molecule has 106 valence electrons. The highest BCUT2D eigenvalue weighted by Crippen LogP contribution is 2.11. The van der Waals surface area contributed by atoms with E-state index in [-0.39, 0.29) is 12.5 Å². The van der Waals surface area contributed by atoms with E-state index >= 15 is 0 Å². The third kappa shape index (κ3) is 6.01. The Balaban J connectivity index is 2.45. The van der Waals surface area contributed by atoms with Crippen LogP contribution < -0.4 is 15.4 Å². The van der Waals surface area contributed by atoms with Gasteiger partial charge in [-0.05, 0) is 13.8 Å². The zero-order valence-electron chi connectivity index (χ0n) is 11.5. The summed E-state index contributed by atoms with van der Waals surface area (Å²) in [6, 6.07) is 1.74. The molecule has 0 atom stereocenters. The summed E-state index contributed by atoms with van der Waals surface area (Å²) in [4.78, 5) is 19.8. The first kappa shape index (κ1) is 15.2. The van der Waals surface area contributed by atoms with Crippen LogP contribution in [0.25, 0.3) is 0 Å². The Labute approximate surface area is 112 Å². The smallest absolute Gasteiger partial charge is 0.239 e. The third-order valence-electron chi connectivity index (χ3n) is 2.16. The van der Waals surface area contributed by atoms with Crippen molar-refractivity contribution < 1.29 is 14.3 Å². The standard InChI is InChI=1S/C12H20N4O3/c1-4-19-11-7-9(2)15-12(16-11)14-8-10(17)13-5-6-18-3/h7H,4-6,8H2,1-3H3,(H,13,17)(H,14,15,16). The molecule has 1 heterocycles. The van der Waals surface area contributed by atoms with E-state index in [1.807, 2.05) is 13.8 Å². The summed E-state index contributed by atoms with van der Waals surface area (Å²) in [5, 5.41) is 5.55. The van der Waals surface area contributed by atoms with E-state index in [2.05, 4.69) is 20.6 Å². The van der Waals surface area contributed by atoms with Crippen molar-refractivity contribution >= 4 is 11.9 Å². The van der Waals surface area contributed by atoms with Gasteiger partial charge in [0, 0.05) is 25.4 Å². The Morgan fingerprint density at radius 3 is 2.89 bits per heavy atom. The number of methoxy groups -OCH3 is 1. The number of nitrogens with zero attached hydrogens (tertiary/aromatic N) is 2. The zero-order valence-corrected chi connectivity index (χ0v) is 11.5. The molecule has 7 heteroatoms. The molecule has 0 radical (unpaired) electrons. The van der Waals surface area contributed by atoms with E-state index in [1.165, 1.54) is 0 Å². The van der Waals surface area contributed by atoms with Gasteiger partial charge in [0.05, 0.1) is 19.8 Å². The number of hydrogen-bond donors (Lipinski definition) is 2. The quantitative estimate of drug-likeness (QED) is 0.662. The van der Waals surface area contributed by atoms with Crippen LogP contribution in [-0.2, 0) is 9.53 Å². The first-order valence-electron chi connectivity index (χ1n) is 6.13. The van der Waals surface area contributed by atoms with Crippen molar-refractivity contribution in [3.63, 3.8) is 0 Å². The van der Waals surface area contributed by atoms with E-state index in [1.54, 1.807) is 13.2 Å². The number of anilines is 1. The van der Waals surface area contributed by atoms with E-state index < -0.39 is 0 Å². The van der Waals surface area contributed by atoms with Gasteiger partial charge in [0.25, 0.3) is 0 Å². The van der Waals surface area contributed by atoms with Crippen LogP contribution in [0.2, 0.25) is 0 Å². The van der Waals surface area contributed by atoms with Crippen molar-refractivity contribution in [3.05, 3.63) is 11.8 Å². The van der Waals surface area contributed by atoms with Crippen molar-refractivity contribution in [1.29, 1.82) is 0 Å². The minimum Gasteiger partial charge on any atom is -0.478 e. The van der Waals surface area contributed by atoms with Crippen LogP contribution in [0.1, 0.15) is 12.6 Å². The SMILES string of the molecule is CCOc1cc(C)nc(NCC(=O)NCCOC)n1. The summed E-state index contributed by atoms with van der Waals surface area (Å²) in [5.74, 6) is 0.739. The van der Waals surface area contributed by atoms with Gasteiger partial charge in [-0.25, -0.2) is 4.98 Å². The molecule has 7 nitrogen and oxygen atoms in total. The van der Waals surface area contributed by atoms with Crippen LogP contribution in [0.4, 0.5) is 5.95 Å². The van der Waals surface area contributed by atoms with Gasteiger partial charge in [0.2, 0.25) is 17.7 Å². The lowest BCUT2D eigenvalue weighted by Gasteiger charge is -2.08. The summed E-state index contributed by atoms with van der Waals surface area (Å²) in [7, 11) is 1.58. The molecular formula is C12H20N4O3. The molecule has 0 aliphatic carbocycles. The van der Waals surface area contributed by atoms with E-state index in [0.717, 1.165) is 5.69 Å². The lowest BCUT2D eigenvalue weighted by molar-refractivity contribution is -0.119. The van der Waals surface area contributed by atoms with Crippen LogP contribution >= 0.6 is 0 Å². The molecule has 0 bridgehead atoms. The maximum absolute atomic E-state index is 11.5. The molecule has 1 aromatic heterocycles. The van der Waals surface area contributed by atoms with Crippen LogP contribution in [-0.4, -0.2) is 49.3 Å². The Hall–Kier alpha value is -1.89. The number of nitrogens with one attached hydrogen (secondary N) is 2. The van der Waals surface area contributed by atoms with Gasteiger partial charge in [0.1, 0.15) is 0 Å². The molecular weight excluding hydrogens is 248 g/mol. The van der Waals surface area contributed by atoms with Crippen molar-refractivity contribution in [2.45, 2.75) is 13.8 Å². The molecule has 0 fully saturated rings. The number of rotatable bonds is 8. The molecule has 1 amide bonds. The Morgan fingerprint density at radius 2 is 2.21 bits per heavy atom. The van der Waals surface area contributed by atoms with E-state index in [0.29, 0.717) is 31.6 Å². The van der Waals surface area contributed by atoms with Gasteiger partial charge in [-0.2, -0.15) is 4.98 Å². The average molecular weight is 268 g/mol. The first-order valence-corrected chi connectivity index (χ1v) is 6.13. The van der Waals surface area contributed by atoms with E-state index in [4.69, 9.17) is 9.47 Å². The lowest BCUT2D eigenvalue weighted by atomic mass is 10.4. The molecule has 19 heavy (non-hydrogen) atoms. The maximum Gasteiger partial charge on any atom is 0.239 e. The number of ether oxygens (including phenoxy) is 2. The average Bonchev–Trinajstić information content (AvgIpc) is 2.36. The topological polar surface area (TPSA) is 85.4 Å². The van der Waals surface area contributed by atoms with Crippen LogP contribution in [0.3, 0.4) is 0 Å². The summed E-state index contributed by atoms with van der Waals surface area (Å²) >= 11 is 0. The monoisotopic (exact) mass is 268 g/mol. The van der Waals surface area contributed by atoms with Gasteiger partial charge in [-0.3, -0.25) is 4.79 Å². The van der Waals surface area contributed by atoms with Crippen LogP contribution in [0, 0.1) is 6.92 Å². The fourth-order valence-corrected chi connectivity index (χ4v) is 1.35. The molecule has 0 saturated heterocycles. The van der Waals surface area contributed by atoms with Crippen molar-refractivity contribution in [3.8, 4) is 5.88 Å². The molecule has 0 unspecified atom stereocenters. The zero-order chi connectivity index (χ0) is 14.1. The summed E-state index contributed by atoms with van der Waals surface area (Å²) in [6.07, 6.45) is 0. The summed E-state index contributed by atoms with van der Waals surface area (Å²) in [6.45, 7) is 5.34. The Bertz CT molecular complexity index is 412. The van der Waals surface area contributed by atoms with Crippen molar-refractivity contribution in [2.75, 3.05) is 38.7 Å². The normalized spacial score (nSPS) is 10.1. The number of carbonyl (C=O) groups excluding carboxylic acids is 1. The van der Waals surface area contributed by atoms with Gasteiger partial charge in [0.15, 0.2) is 0 Å². The fourth-order valence-electron chi connectivity index (χ4n) is 1.35. The minimum atomic E-state index is -0.139. The van der Waals surface area contributed by atoms with Crippen molar-refractivity contribution in [2.24, 2.45) is 0 Å². The highest BCUT2D eigenvalue weighted by Gasteiger charge is 2.05. The predicted molar refractivity (Wildman–Crippen MR) is 71.3 cm³/mol. The molecule has 0 aliphatic heterocycles. The number of aromatic nitrogens is 2. The maximum atomic E-state index is 11.5. The lowest BCUT2D eigenvalue weighted by Crippen LogP contribution is -2.32. The number of hydrogen-bond acceptors (Lipinski definition) is 6. The largest absolute Gasteiger partial charge is 0.478 e. The Morgan fingerprint density at radius 1 is 1.42 bits per heavy atom. The minimum absolute atomic E-state index is 0.110. The summed E-state index contributed by atoms with van der Waals surface area (Å²) in [5.41, 5.74) is 0.778. The molecule has 1 aromatic rings. The molecule has 2 N–H and O–H groups in total. The summed E-state index contributed by atoms with van der Waals surface area (Å²) < 4.78 is 10.1. The highest BCUT2D eigenvalue weighted by molar-refractivity contribution is 5.80. The second kappa shape index (κ2) is 8.25. The predicted octanol–water partition coefficient (Wildman–Crippen LogP) is 0.358. The highest BCUT2D eigenvalue weighted by atomic mass is 16.5. The number of carbonyl (C=O) groups is 1. The number of amides is 1. The number of aryl methyl sites for hydroxylation is 1. The van der Waals surface area contributed by atoms with Crippen molar-refractivity contribution in [1.82, 2.24) is 15.3 Å². The molecule has 0 aromatic carbocycles. The van der Waals surface area contributed by atoms with Gasteiger partial charge >= 0.3 is 0 Å². The van der Waals surface area contributed by atoms with Crippen LogP contribution in [0.5, 0.6) is 5.88 Å². The van der Waals surface area contributed by atoms with Gasteiger partial charge < -0.3 is 20.1 Å². The molecule has 0 spiro atoms. The second-order valence-corrected chi connectivity index (χ2v) is 3.80. The first-order chi connectivity index (χ1) is 9.15.